The van der Waals surface area contributed by atoms with E-state index in [1.54, 1.807) is 6.08 Å². The minimum Gasteiger partial charge on any atom is -0.411 e. The number of ketones is 1. The van der Waals surface area contributed by atoms with E-state index in [1.807, 2.05) is 6.92 Å². The lowest BCUT2D eigenvalue weighted by molar-refractivity contribution is -0.128. The first kappa shape index (κ1) is 17.3. The van der Waals surface area contributed by atoms with Crippen LogP contribution in [0.3, 0.4) is 0 Å². The molecule has 0 bridgehead atoms. The zero-order chi connectivity index (χ0) is 18.2. The molecule has 0 aliphatic heterocycles. The number of carbonyl (C=O) groups is 1. The number of allylic oxidation sites excluding steroid dienone is 1. The molecule has 3 fully saturated rings. The predicted octanol–water partition coefficient (Wildman–Crippen LogP) is 3.96. The molecule has 4 aliphatic carbocycles. The van der Waals surface area contributed by atoms with Gasteiger partial charge in [-0.25, -0.2) is 0 Å². The highest BCUT2D eigenvalue weighted by Crippen LogP contribution is 2.68. The molecule has 0 amide bonds. The van der Waals surface area contributed by atoms with E-state index in [2.05, 4.69) is 25.9 Å². The van der Waals surface area contributed by atoms with Gasteiger partial charge in [-0.05, 0) is 79.6 Å². The molecule has 2 unspecified atom stereocenters. The van der Waals surface area contributed by atoms with Crippen LogP contribution in [-0.2, 0) is 4.79 Å². The van der Waals surface area contributed by atoms with Gasteiger partial charge in [-0.1, -0.05) is 31.5 Å². The minimum atomic E-state index is -0.570. The summed E-state index contributed by atoms with van der Waals surface area (Å²) in [4.78, 5) is 12.2. The van der Waals surface area contributed by atoms with Crippen molar-refractivity contribution in [3.8, 4) is 0 Å². The average molecular weight is 345 g/mol. The van der Waals surface area contributed by atoms with Gasteiger partial charge in [0, 0.05) is 6.42 Å². The lowest BCUT2D eigenvalue weighted by atomic mass is 9.44. The fourth-order valence-corrected chi connectivity index (χ4v) is 7.16. The third-order valence-electron chi connectivity index (χ3n) is 8.89. The maximum Gasteiger partial charge on any atom is 0.203 e. The molecular weight excluding hydrogens is 314 g/mol. The maximum absolute atomic E-state index is 12.2. The van der Waals surface area contributed by atoms with Crippen LogP contribution in [0.25, 0.3) is 0 Å². The number of fused-ring (bicyclic) bond motifs is 5. The minimum absolute atomic E-state index is 0.00160. The zero-order valence-corrected chi connectivity index (χ0v) is 15.9. The second-order valence-electron chi connectivity index (χ2n) is 9.92. The van der Waals surface area contributed by atoms with Crippen LogP contribution in [0.15, 0.2) is 16.8 Å². The first-order valence-corrected chi connectivity index (χ1v) is 9.83. The smallest absolute Gasteiger partial charge is 0.203 e. The van der Waals surface area contributed by atoms with Crippen LogP contribution < -0.4 is 0 Å². The quantitative estimate of drug-likeness (QED) is 0.516. The molecule has 4 rings (SSSR count). The van der Waals surface area contributed by atoms with Crippen LogP contribution in [0.1, 0.15) is 66.2 Å². The second-order valence-corrected chi connectivity index (χ2v) is 9.92. The van der Waals surface area contributed by atoms with Crippen molar-refractivity contribution in [3.05, 3.63) is 11.6 Å². The SMILES string of the molecule is CC1CC2=CC(=O)C(=NO)C[C@]2(C)[C@@H]2CC[C@@]3(C)[C@@H](CCC3(C)O)[C@H]12. The lowest BCUT2D eigenvalue weighted by Crippen LogP contribution is -2.56. The standard InChI is InChI=1S/C21H31NO3/c1-12-9-13-10-17(23)16(22-25)11-19(13,2)14-5-7-20(3)15(18(12)14)6-8-21(20,4)24/h10,12,14-15,18,24-25H,5-9,11H2,1-4H3/t12?,14-,15+,18-,19+,20+,21?/m1/s1. The number of aliphatic hydroxyl groups is 1. The van der Waals surface area contributed by atoms with Crippen LogP contribution in [0.2, 0.25) is 0 Å². The molecule has 7 atom stereocenters. The molecule has 4 heteroatoms. The normalized spacial score (nSPS) is 53.9. The number of oxime groups is 1. The molecule has 0 spiro atoms. The Labute approximate surface area is 150 Å². The summed E-state index contributed by atoms with van der Waals surface area (Å²) in [5.41, 5.74) is 0.916. The highest BCUT2D eigenvalue weighted by Gasteiger charge is 2.64. The molecule has 0 aromatic rings. The van der Waals surface area contributed by atoms with Gasteiger partial charge in [0.05, 0.1) is 5.60 Å². The van der Waals surface area contributed by atoms with E-state index in [4.69, 9.17) is 0 Å². The number of nitrogens with zero attached hydrogens (tertiary/aromatic N) is 1. The fourth-order valence-electron chi connectivity index (χ4n) is 7.16. The van der Waals surface area contributed by atoms with Gasteiger partial charge in [-0.3, -0.25) is 4.79 Å². The Hall–Kier alpha value is -1.16. The lowest BCUT2D eigenvalue weighted by Gasteiger charge is -2.60. The van der Waals surface area contributed by atoms with E-state index in [0.29, 0.717) is 35.8 Å². The van der Waals surface area contributed by atoms with Crippen molar-refractivity contribution in [2.24, 2.45) is 39.7 Å². The van der Waals surface area contributed by atoms with E-state index >= 15 is 0 Å². The summed E-state index contributed by atoms with van der Waals surface area (Å²) >= 11 is 0. The predicted molar refractivity (Wildman–Crippen MR) is 96.5 cm³/mol. The molecule has 4 nitrogen and oxygen atoms in total. The third kappa shape index (κ3) is 2.09. The molecule has 3 saturated carbocycles. The Bertz CT molecular complexity index is 679. The molecule has 0 heterocycles. The number of carbonyl (C=O) groups excluding carboxylic acids is 1. The van der Waals surface area contributed by atoms with Crippen molar-refractivity contribution in [1.82, 2.24) is 0 Å². The van der Waals surface area contributed by atoms with Crippen molar-refractivity contribution >= 4 is 11.5 Å². The van der Waals surface area contributed by atoms with Gasteiger partial charge >= 0.3 is 0 Å². The molecule has 0 aromatic heterocycles. The van der Waals surface area contributed by atoms with E-state index in [0.717, 1.165) is 32.1 Å². The Morgan fingerprint density at radius 2 is 1.84 bits per heavy atom. The average Bonchev–Trinajstić information content (AvgIpc) is 2.79. The molecule has 0 radical (unpaired) electrons. The fraction of sp³-hybridized carbons (Fsp3) is 0.810. The first-order chi connectivity index (χ1) is 11.6. The van der Waals surface area contributed by atoms with Gasteiger partial charge in [-0.2, -0.15) is 0 Å². The van der Waals surface area contributed by atoms with Gasteiger partial charge in [0.15, 0.2) is 0 Å². The van der Waals surface area contributed by atoms with Crippen LogP contribution in [-0.4, -0.2) is 27.4 Å². The highest BCUT2D eigenvalue weighted by molar-refractivity contribution is 6.44. The highest BCUT2D eigenvalue weighted by atomic mass is 16.4. The summed E-state index contributed by atoms with van der Waals surface area (Å²) in [6.45, 7) is 8.93. The Kier molecular flexibility index (Phi) is 3.58. The molecule has 0 saturated heterocycles. The summed E-state index contributed by atoms with van der Waals surface area (Å²) in [5.74, 6) is 2.03. The van der Waals surface area contributed by atoms with E-state index in [9.17, 15) is 15.1 Å². The van der Waals surface area contributed by atoms with Crippen molar-refractivity contribution in [2.75, 3.05) is 0 Å². The summed E-state index contributed by atoms with van der Waals surface area (Å²) < 4.78 is 0. The summed E-state index contributed by atoms with van der Waals surface area (Å²) in [5, 5.41) is 23.6. The molecule has 4 aliphatic rings. The van der Waals surface area contributed by atoms with Gasteiger partial charge in [0.25, 0.3) is 0 Å². The maximum atomic E-state index is 12.2. The zero-order valence-electron chi connectivity index (χ0n) is 15.9. The van der Waals surface area contributed by atoms with Crippen molar-refractivity contribution in [2.45, 2.75) is 71.8 Å². The van der Waals surface area contributed by atoms with Crippen LogP contribution in [0, 0.1) is 34.5 Å². The van der Waals surface area contributed by atoms with Crippen LogP contribution >= 0.6 is 0 Å². The Balaban J connectivity index is 1.76. The van der Waals surface area contributed by atoms with Crippen molar-refractivity contribution < 1.29 is 15.1 Å². The van der Waals surface area contributed by atoms with Gasteiger partial charge in [-0.15, -0.1) is 0 Å². The number of hydrogen-bond acceptors (Lipinski definition) is 4. The Morgan fingerprint density at radius 3 is 2.52 bits per heavy atom. The molecular formula is C21H31NO3. The summed E-state index contributed by atoms with van der Waals surface area (Å²) in [7, 11) is 0. The van der Waals surface area contributed by atoms with Gasteiger partial charge < -0.3 is 10.3 Å². The van der Waals surface area contributed by atoms with Crippen molar-refractivity contribution in [3.63, 3.8) is 0 Å². The number of rotatable bonds is 0. The van der Waals surface area contributed by atoms with Crippen LogP contribution in [0.5, 0.6) is 0 Å². The Morgan fingerprint density at radius 1 is 1.16 bits per heavy atom. The van der Waals surface area contributed by atoms with E-state index in [-0.39, 0.29) is 16.6 Å². The molecule has 2 N–H and O–H groups in total. The summed E-state index contributed by atoms with van der Waals surface area (Å²) in [6, 6.07) is 0. The van der Waals surface area contributed by atoms with Gasteiger partial charge in [0.1, 0.15) is 5.71 Å². The van der Waals surface area contributed by atoms with Gasteiger partial charge in [0.2, 0.25) is 5.78 Å². The number of hydrogen-bond donors (Lipinski definition) is 2. The van der Waals surface area contributed by atoms with E-state index < -0.39 is 5.60 Å². The molecule has 0 aromatic carbocycles. The molecule has 25 heavy (non-hydrogen) atoms. The summed E-state index contributed by atoms with van der Waals surface area (Å²) in [6.07, 6.45) is 7.39. The van der Waals surface area contributed by atoms with E-state index in [1.165, 1.54) is 5.57 Å². The third-order valence-corrected chi connectivity index (χ3v) is 8.89. The monoisotopic (exact) mass is 345 g/mol. The molecule has 138 valence electrons. The van der Waals surface area contributed by atoms with Crippen molar-refractivity contribution in [1.29, 1.82) is 0 Å². The largest absolute Gasteiger partial charge is 0.411 e. The first-order valence-electron chi connectivity index (χ1n) is 9.83. The topological polar surface area (TPSA) is 69.9 Å². The second kappa shape index (κ2) is 5.18. The van der Waals surface area contributed by atoms with Crippen LogP contribution in [0.4, 0.5) is 0 Å².